The summed E-state index contributed by atoms with van der Waals surface area (Å²) in [5.74, 6) is 1.66. The number of aryl methyl sites for hydroxylation is 1. The minimum Gasteiger partial charge on any atom is -0.495 e. The molecule has 0 saturated heterocycles. The molecule has 0 unspecified atom stereocenters. The van der Waals surface area contributed by atoms with Crippen molar-refractivity contribution in [1.82, 2.24) is 19.9 Å². The van der Waals surface area contributed by atoms with Crippen LogP contribution in [0.3, 0.4) is 0 Å². The molecule has 0 spiro atoms. The van der Waals surface area contributed by atoms with E-state index in [0.717, 1.165) is 37.6 Å². The van der Waals surface area contributed by atoms with Crippen molar-refractivity contribution in [2.75, 3.05) is 13.7 Å². The first-order chi connectivity index (χ1) is 9.74. The Morgan fingerprint density at radius 1 is 1.30 bits per heavy atom. The largest absolute Gasteiger partial charge is 0.495 e. The van der Waals surface area contributed by atoms with E-state index in [4.69, 9.17) is 4.74 Å². The van der Waals surface area contributed by atoms with Crippen LogP contribution in [0.4, 0.5) is 0 Å². The van der Waals surface area contributed by atoms with Crippen molar-refractivity contribution in [2.45, 2.75) is 26.4 Å². The van der Waals surface area contributed by atoms with E-state index in [2.05, 4.69) is 19.9 Å². The number of hydrogen-bond donors (Lipinski definition) is 0. The Bertz CT molecular complexity index is 615. The molecule has 20 heavy (non-hydrogen) atoms. The van der Waals surface area contributed by atoms with E-state index in [1.807, 2.05) is 25.4 Å². The van der Waals surface area contributed by atoms with Crippen molar-refractivity contribution in [1.29, 1.82) is 0 Å². The average molecular weight is 270 g/mol. The van der Waals surface area contributed by atoms with Gasteiger partial charge in [0, 0.05) is 49.7 Å². The van der Waals surface area contributed by atoms with Gasteiger partial charge < -0.3 is 4.74 Å². The Hall–Kier alpha value is -2.01. The molecule has 3 rings (SSSR count). The van der Waals surface area contributed by atoms with Crippen molar-refractivity contribution >= 4 is 0 Å². The fourth-order valence-corrected chi connectivity index (χ4v) is 2.53. The van der Waals surface area contributed by atoms with Crippen LogP contribution < -0.4 is 4.74 Å². The third-order valence-corrected chi connectivity index (χ3v) is 3.55. The third-order valence-electron chi connectivity index (χ3n) is 3.55. The predicted octanol–water partition coefficient (Wildman–Crippen LogP) is 1.75. The van der Waals surface area contributed by atoms with Crippen molar-refractivity contribution in [3.8, 4) is 5.75 Å². The standard InChI is InChI=1S/C15H18N4O/c1-11-17-7-13-10-19(4-3-15(13)18-11)9-12-5-14(20-2)8-16-6-12/h5-8H,3-4,9-10H2,1-2H3. The molecule has 2 aromatic rings. The van der Waals surface area contributed by atoms with E-state index in [0.29, 0.717) is 0 Å². The molecule has 0 amide bonds. The van der Waals surface area contributed by atoms with Crippen LogP contribution in [0.25, 0.3) is 0 Å². The topological polar surface area (TPSA) is 51.1 Å². The zero-order chi connectivity index (χ0) is 13.9. The molecule has 5 heteroatoms. The van der Waals surface area contributed by atoms with E-state index in [-0.39, 0.29) is 0 Å². The van der Waals surface area contributed by atoms with Gasteiger partial charge in [0.2, 0.25) is 0 Å². The second kappa shape index (κ2) is 5.54. The summed E-state index contributed by atoms with van der Waals surface area (Å²) in [6.07, 6.45) is 6.55. The minimum absolute atomic E-state index is 0.805. The Morgan fingerprint density at radius 3 is 3.05 bits per heavy atom. The van der Waals surface area contributed by atoms with Gasteiger partial charge >= 0.3 is 0 Å². The molecule has 3 heterocycles. The zero-order valence-electron chi connectivity index (χ0n) is 11.8. The molecule has 5 nitrogen and oxygen atoms in total. The van der Waals surface area contributed by atoms with Gasteiger partial charge in [0.1, 0.15) is 11.6 Å². The summed E-state index contributed by atoms with van der Waals surface area (Å²) in [4.78, 5) is 15.4. The fourth-order valence-electron chi connectivity index (χ4n) is 2.53. The van der Waals surface area contributed by atoms with Crippen molar-refractivity contribution < 1.29 is 4.74 Å². The van der Waals surface area contributed by atoms with Crippen LogP contribution in [0.2, 0.25) is 0 Å². The normalized spacial score (nSPS) is 14.9. The molecule has 0 bridgehead atoms. The molecule has 0 aromatic carbocycles. The van der Waals surface area contributed by atoms with Crippen LogP contribution in [0.15, 0.2) is 24.7 Å². The quantitative estimate of drug-likeness (QED) is 0.850. The molecule has 104 valence electrons. The molecule has 0 aliphatic carbocycles. The summed E-state index contributed by atoms with van der Waals surface area (Å²) in [5.41, 5.74) is 3.59. The highest BCUT2D eigenvalue weighted by Gasteiger charge is 2.18. The van der Waals surface area contributed by atoms with Crippen molar-refractivity contribution in [2.24, 2.45) is 0 Å². The molecule has 0 N–H and O–H groups in total. The van der Waals surface area contributed by atoms with E-state index in [9.17, 15) is 0 Å². The van der Waals surface area contributed by atoms with Gasteiger partial charge in [-0.3, -0.25) is 9.88 Å². The smallest absolute Gasteiger partial charge is 0.137 e. The summed E-state index contributed by atoms with van der Waals surface area (Å²) in [7, 11) is 1.66. The lowest BCUT2D eigenvalue weighted by Gasteiger charge is -2.27. The molecule has 2 aromatic heterocycles. The molecule has 0 radical (unpaired) electrons. The number of fused-ring (bicyclic) bond motifs is 1. The molecule has 1 aliphatic heterocycles. The van der Waals surface area contributed by atoms with Crippen LogP contribution in [-0.4, -0.2) is 33.5 Å². The summed E-state index contributed by atoms with van der Waals surface area (Å²) < 4.78 is 5.21. The molecule has 1 aliphatic rings. The number of methoxy groups -OCH3 is 1. The van der Waals surface area contributed by atoms with Crippen LogP contribution in [0, 0.1) is 6.92 Å². The number of pyridine rings is 1. The maximum Gasteiger partial charge on any atom is 0.137 e. The SMILES string of the molecule is COc1cncc(CN2CCc3nc(C)ncc3C2)c1. The van der Waals surface area contributed by atoms with Gasteiger partial charge in [-0.2, -0.15) is 0 Å². The van der Waals surface area contributed by atoms with E-state index in [1.54, 1.807) is 13.3 Å². The second-order valence-corrected chi connectivity index (χ2v) is 5.08. The van der Waals surface area contributed by atoms with Crippen LogP contribution in [0.5, 0.6) is 5.75 Å². The number of rotatable bonds is 3. The lowest BCUT2D eigenvalue weighted by Crippen LogP contribution is -2.31. The first kappa shape index (κ1) is 13.0. The van der Waals surface area contributed by atoms with Crippen LogP contribution in [0.1, 0.15) is 22.6 Å². The van der Waals surface area contributed by atoms with Gasteiger partial charge in [-0.15, -0.1) is 0 Å². The van der Waals surface area contributed by atoms with Crippen LogP contribution >= 0.6 is 0 Å². The van der Waals surface area contributed by atoms with Gasteiger partial charge in [0.15, 0.2) is 0 Å². The molecule has 0 saturated carbocycles. The van der Waals surface area contributed by atoms with Crippen molar-refractivity contribution in [3.63, 3.8) is 0 Å². The average Bonchev–Trinajstić information content (AvgIpc) is 2.47. The Balaban J connectivity index is 1.72. The van der Waals surface area contributed by atoms with Gasteiger partial charge in [-0.1, -0.05) is 0 Å². The highest BCUT2D eigenvalue weighted by Crippen LogP contribution is 2.19. The Kier molecular flexibility index (Phi) is 3.60. The van der Waals surface area contributed by atoms with Gasteiger partial charge in [-0.25, -0.2) is 9.97 Å². The summed E-state index contributed by atoms with van der Waals surface area (Å²) >= 11 is 0. The third kappa shape index (κ3) is 2.77. The van der Waals surface area contributed by atoms with E-state index < -0.39 is 0 Å². The van der Waals surface area contributed by atoms with Gasteiger partial charge in [0.25, 0.3) is 0 Å². The second-order valence-electron chi connectivity index (χ2n) is 5.08. The predicted molar refractivity (Wildman–Crippen MR) is 75.4 cm³/mol. The highest BCUT2D eigenvalue weighted by atomic mass is 16.5. The number of nitrogens with zero attached hydrogens (tertiary/aromatic N) is 4. The zero-order valence-corrected chi connectivity index (χ0v) is 11.8. The van der Waals surface area contributed by atoms with Crippen molar-refractivity contribution in [3.05, 3.63) is 47.3 Å². The first-order valence-electron chi connectivity index (χ1n) is 6.76. The fraction of sp³-hybridized carbons (Fsp3) is 0.400. The number of aromatic nitrogens is 3. The maximum absolute atomic E-state index is 5.21. The number of ether oxygens (including phenoxy) is 1. The molecular formula is C15H18N4O. The summed E-state index contributed by atoms with van der Waals surface area (Å²) in [6, 6.07) is 2.04. The van der Waals surface area contributed by atoms with E-state index >= 15 is 0 Å². The highest BCUT2D eigenvalue weighted by molar-refractivity contribution is 5.24. The molecule has 0 fully saturated rings. The lowest BCUT2D eigenvalue weighted by molar-refractivity contribution is 0.242. The maximum atomic E-state index is 5.21. The molecular weight excluding hydrogens is 252 g/mol. The van der Waals surface area contributed by atoms with Gasteiger partial charge in [-0.05, 0) is 18.6 Å². The Morgan fingerprint density at radius 2 is 2.20 bits per heavy atom. The molecule has 0 atom stereocenters. The van der Waals surface area contributed by atoms with E-state index in [1.165, 1.54) is 16.8 Å². The first-order valence-corrected chi connectivity index (χ1v) is 6.76. The monoisotopic (exact) mass is 270 g/mol. The number of hydrogen-bond acceptors (Lipinski definition) is 5. The minimum atomic E-state index is 0.805. The summed E-state index contributed by atoms with van der Waals surface area (Å²) in [5, 5.41) is 0. The lowest BCUT2D eigenvalue weighted by atomic mass is 10.1. The van der Waals surface area contributed by atoms with Gasteiger partial charge in [0.05, 0.1) is 13.3 Å². The Labute approximate surface area is 118 Å². The van der Waals surface area contributed by atoms with Crippen LogP contribution in [-0.2, 0) is 19.5 Å². The summed E-state index contributed by atoms with van der Waals surface area (Å²) in [6.45, 7) is 4.72.